The van der Waals surface area contributed by atoms with Crippen LogP contribution in [0.3, 0.4) is 0 Å². The van der Waals surface area contributed by atoms with Crippen molar-refractivity contribution in [2.45, 2.75) is 0 Å². The fraction of sp³-hybridized carbons (Fsp3) is 1.00. The quantitative estimate of drug-likeness (QED) is 0.433. The molecule has 8 heavy (non-hydrogen) atoms. The van der Waals surface area contributed by atoms with Gasteiger partial charge in [0, 0.05) is 0 Å². The average molecular weight is 158 g/mol. The van der Waals surface area contributed by atoms with E-state index >= 15 is 0 Å². The summed E-state index contributed by atoms with van der Waals surface area (Å²) in [4.78, 5) is 0. The lowest BCUT2D eigenvalue weighted by Gasteiger charge is -1.93. The van der Waals surface area contributed by atoms with E-state index in [2.05, 4.69) is 8.37 Å². The standard InChI is InChI=1S/C2H6O4S2/c1-5-7-8(3,4)6-2/h1-2H3. The summed E-state index contributed by atoms with van der Waals surface area (Å²) in [6, 6.07) is 0. The Labute approximate surface area is 51.9 Å². The minimum absolute atomic E-state index is 0.284. The normalized spacial score (nSPS) is 11.8. The first-order chi connectivity index (χ1) is 3.62. The minimum atomic E-state index is -3.48. The van der Waals surface area contributed by atoms with E-state index in [0.29, 0.717) is 0 Å². The molecule has 4 nitrogen and oxygen atoms in total. The van der Waals surface area contributed by atoms with E-state index in [9.17, 15) is 8.42 Å². The molecule has 0 aromatic carbocycles. The Morgan fingerprint density at radius 1 is 1.38 bits per heavy atom. The van der Waals surface area contributed by atoms with Gasteiger partial charge in [-0.25, -0.2) is 0 Å². The van der Waals surface area contributed by atoms with Crippen LogP contribution < -0.4 is 0 Å². The molecule has 0 heterocycles. The predicted molar refractivity (Wildman–Crippen MR) is 30.5 cm³/mol. The van der Waals surface area contributed by atoms with Crippen LogP contribution in [-0.2, 0) is 17.5 Å². The van der Waals surface area contributed by atoms with E-state index in [1.807, 2.05) is 0 Å². The minimum Gasteiger partial charge on any atom is -0.303 e. The highest BCUT2D eigenvalue weighted by atomic mass is 33.2. The molecule has 0 spiro atoms. The maximum Gasteiger partial charge on any atom is 0.347 e. The highest BCUT2D eigenvalue weighted by Gasteiger charge is 2.07. The molecule has 0 aliphatic rings. The van der Waals surface area contributed by atoms with E-state index in [-0.39, 0.29) is 11.1 Å². The third-order valence-electron chi connectivity index (χ3n) is 0.355. The molecule has 0 unspecified atom stereocenters. The van der Waals surface area contributed by atoms with Crippen molar-refractivity contribution in [1.82, 2.24) is 0 Å². The molecule has 0 aliphatic carbocycles. The maximum atomic E-state index is 10.2. The summed E-state index contributed by atoms with van der Waals surface area (Å²) in [6.07, 6.45) is 0. The van der Waals surface area contributed by atoms with Crippen molar-refractivity contribution in [2.75, 3.05) is 14.2 Å². The molecule has 0 amide bonds. The Hall–Kier alpha value is 0.220. The molecule has 0 saturated heterocycles. The van der Waals surface area contributed by atoms with Crippen molar-refractivity contribution in [3.8, 4) is 0 Å². The van der Waals surface area contributed by atoms with Crippen molar-refractivity contribution in [3.63, 3.8) is 0 Å². The molecular weight excluding hydrogens is 152 g/mol. The molecule has 6 heteroatoms. The highest BCUT2D eigenvalue weighted by molar-refractivity contribution is 8.68. The molecule has 0 N–H and O–H groups in total. The molecule has 0 saturated carbocycles. The highest BCUT2D eigenvalue weighted by Crippen LogP contribution is 2.11. The zero-order valence-corrected chi connectivity index (χ0v) is 6.08. The van der Waals surface area contributed by atoms with E-state index in [1.54, 1.807) is 0 Å². The molecule has 0 aromatic rings. The molecular formula is C2H6O4S2. The SMILES string of the molecule is COSS(=O)(=O)OC. The van der Waals surface area contributed by atoms with Crippen molar-refractivity contribution in [1.29, 1.82) is 0 Å². The third-order valence-corrected chi connectivity index (χ3v) is 2.38. The van der Waals surface area contributed by atoms with Crippen molar-refractivity contribution in [2.24, 2.45) is 0 Å². The lowest BCUT2D eigenvalue weighted by atomic mass is 11.8. The Kier molecular flexibility index (Phi) is 3.38. The average Bonchev–Trinajstić information content (AvgIpc) is 1.67. The van der Waals surface area contributed by atoms with Gasteiger partial charge in [0.2, 0.25) is 0 Å². The first kappa shape index (κ1) is 8.22. The van der Waals surface area contributed by atoms with Gasteiger partial charge in [-0.2, -0.15) is 8.42 Å². The zero-order chi connectivity index (χ0) is 6.62. The van der Waals surface area contributed by atoms with Crippen LogP contribution in [0.5, 0.6) is 0 Å². The van der Waals surface area contributed by atoms with Gasteiger partial charge >= 0.3 is 9.15 Å². The van der Waals surface area contributed by atoms with Gasteiger partial charge in [0.15, 0.2) is 11.1 Å². The van der Waals surface area contributed by atoms with Crippen molar-refractivity contribution >= 4 is 20.2 Å². The second-order valence-corrected chi connectivity index (χ2v) is 4.06. The van der Waals surface area contributed by atoms with E-state index < -0.39 is 9.15 Å². The lowest BCUT2D eigenvalue weighted by Crippen LogP contribution is -1.94. The van der Waals surface area contributed by atoms with Gasteiger partial charge in [-0.15, -0.1) is 0 Å². The third kappa shape index (κ3) is 3.25. The predicted octanol–water partition coefficient (Wildman–Crippen LogP) is 0.172. The summed E-state index contributed by atoms with van der Waals surface area (Å²) >= 11 is 0.284. The first-order valence-electron chi connectivity index (χ1n) is 1.65. The van der Waals surface area contributed by atoms with Gasteiger partial charge < -0.3 is 4.18 Å². The number of hydrogen-bond donors (Lipinski definition) is 0. The Balaban J connectivity index is 3.76. The second kappa shape index (κ2) is 3.29. The smallest absolute Gasteiger partial charge is 0.303 e. The fourth-order valence-corrected chi connectivity index (χ4v) is 1.00. The molecule has 0 fully saturated rings. The summed E-state index contributed by atoms with van der Waals surface area (Å²) in [5.41, 5.74) is 0. The van der Waals surface area contributed by atoms with Crippen molar-refractivity contribution < 1.29 is 16.8 Å². The first-order valence-corrected chi connectivity index (χ1v) is 4.32. The summed E-state index contributed by atoms with van der Waals surface area (Å²) in [6.45, 7) is 0. The lowest BCUT2D eigenvalue weighted by molar-refractivity contribution is 0.407. The van der Waals surface area contributed by atoms with Gasteiger partial charge in [-0.1, -0.05) is 0 Å². The summed E-state index contributed by atoms with van der Waals surface area (Å²) in [5.74, 6) is 0. The van der Waals surface area contributed by atoms with Gasteiger partial charge in [0.25, 0.3) is 0 Å². The molecule has 0 atom stereocenters. The summed E-state index contributed by atoms with van der Waals surface area (Å²) in [5, 5.41) is 0. The van der Waals surface area contributed by atoms with Crippen LogP contribution in [0, 0.1) is 0 Å². The Morgan fingerprint density at radius 2 is 1.88 bits per heavy atom. The van der Waals surface area contributed by atoms with Gasteiger partial charge in [0.05, 0.1) is 14.2 Å². The number of rotatable bonds is 3. The molecule has 50 valence electrons. The Morgan fingerprint density at radius 3 is 2.00 bits per heavy atom. The summed E-state index contributed by atoms with van der Waals surface area (Å²) in [7, 11) is -1.15. The van der Waals surface area contributed by atoms with Crippen LogP contribution in [0.15, 0.2) is 0 Å². The van der Waals surface area contributed by atoms with Crippen LogP contribution in [0.25, 0.3) is 0 Å². The molecule has 0 bridgehead atoms. The topological polar surface area (TPSA) is 52.6 Å². The van der Waals surface area contributed by atoms with Gasteiger partial charge in [0.1, 0.15) is 0 Å². The van der Waals surface area contributed by atoms with E-state index in [1.165, 1.54) is 7.11 Å². The number of hydrogen-bond acceptors (Lipinski definition) is 5. The van der Waals surface area contributed by atoms with Crippen molar-refractivity contribution in [3.05, 3.63) is 0 Å². The zero-order valence-electron chi connectivity index (χ0n) is 4.45. The maximum absolute atomic E-state index is 10.2. The summed E-state index contributed by atoms with van der Waals surface area (Å²) < 4.78 is 28.6. The van der Waals surface area contributed by atoms with Crippen LogP contribution in [-0.4, -0.2) is 22.6 Å². The molecule has 0 radical (unpaired) electrons. The monoisotopic (exact) mass is 158 g/mol. The van der Waals surface area contributed by atoms with E-state index in [4.69, 9.17) is 0 Å². The second-order valence-electron chi connectivity index (χ2n) is 0.810. The van der Waals surface area contributed by atoms with E-state index in [0.717, 1.165) is 7.11 Å². The fourth-order valence-electron chi connectivity index (χ4n) is 0.111. The Bertz CT molecular complexity index is 136. The van der Waals surface area contributed by atoms with Gasteiger partial charge in [-0.05, 0) is 0 Å². The van der Waals surface area contributed by atoms with Crippen LogP contribution in [0.2, 0.25) is 0 Å². The van der Waals surface area contributed by atoms with Crippen LogP contribution in [0.1, 0.15) is 0 Å². The van der Waals surface area contributed by atoms with Gasteiger partial charge in [-0.3, -0.25) is 4.18 Å². The largest absolute Gasteiger partial charge is 0.347 e. The molecule has 0 aliphatic heterocycles. The molecule has 0 aromatic heterocycles. The van der Waals surface area contributed by atoms with Crippen LogP contribution >= 0.6 is 11.1 Å². The molecule has 0 rings (SSSR count). The van der Waals surface area contributed by atoms with Crippen LogP contribution in [0.4, 0.5) is 0 Å².